The van der Waals surface area contributed by atoms with Crippen LogP contribution in [0.4, 0.5) is 0 Å². The van der Waals surface area contributed by atoms with Crippen molar-refractivity contribution in [1.29, 1.82) is 0 Å². The van der Waals surface area contributed by atoms with Gasteiger partial charge in [0.1, 0.15) is 5.75 Å². The van der Waals surface area contributed by atoms with Crippen LogP contribution >= 0.6 is 51.5 Å². The molecule has 1 heterocycles. The van der Waals surface area contributed by atoms with Gasteiger partial charge in [-0.15, -0.1) is 0 Å². The number of thiocarbonyl (C=S) groups is 1. The summed E-state index contributed by atoms with van der Waals surface area (Å²) < 4.78 is 6.21. The number of nitrogens with one attached hydrogen (secondary N) is 1. The number of amides is 2. The zero-order valence-corrected chi connectivity index (χ0v) is 17.8. The fourth-order valence-corrected chi connectivity index (χ4v) is 4.21. The van der Waals surface area contributed by atoms with E-state index in [4.69, 9.17) is 28.6 Å². The molecule has 9 heteroatoms. The number of hydrogen-bond acceptors (Lipinski definition) is 5. The minimum Gasteiger partial charge on any atom is -0.496 e. The molecular formula is C18H12BrClN2O3S2. The molecule has 1 fully saturated rings. The van der Waals surface area contributed by atoms with Gasteiger partial charge in [0.25, 0.3) is 11.8 Å². The Morgan fingerprint density at radius 1 is 1.33 bits per heavy atom. The number of halogens is 2. The second kappa shape index (κ2) is 8.43. The zero-order chi connectivity index (χ0) is 19.6. The summed E-state index contributed by atoms with van der Waals surface area (Å²) >= 11 is 15.7. The maximum absolute atomic E-state index is 12.6. The number of methoxy groups -OCH3 is 1. The van der Waals surface area contributed by atoms with E-state index >= 15 is 0 Å². The van der Waals surface area contributed by atoms with Crippen molar-refractivity contribution in [3.63, 3.8) is 0 Å². The Morgan fingerprint density at radius 3 is 2.78 bits per heavy atom. The summed E-state index contributed by atoms with van der Waals surface area (Å²) in [4.78, 5) is 25.4. The lowest BCUT2D eigenvalue weighted by Gasteiger charge is -2.15. The number of carbonyl (C=O) groups is 2. The topological polar surface area (TPSA) is 58.6 Å². The number of nitrogens with zero attached hydrogens (tertiary/aromatic N) is 1. The molecule has 27 heavy (non-hydrogen) atoms. The molecule has 5 nitrogen and oxygen atoms in total. The third kappa shape index (κ3) is 4.52. The van der Waals surface area contributed by atoms with Crippen molar-refractivity contribution in [1.82, 2.24) is 10.4 Å². The van der Waals surface area contributed by atoms with Crippen molar-refractivity contribution in [2.75, 3.05) is 7.11 Å². The summed E-state index contributed by atoms with van der Waals surface area (Å²) in [6.07, 6.45) is 1.70. The Labute approximate surface area is 178 Å². The summed E-state index contributed by atoms with van der Waals surface area (Å²) in [7, 11) is 1.58. The average Bonchev–Trinajstić information content (AvgIpc) is 2.89. The molecule has 0 bridgehead atoms. The molecule has 0 aromatic heterocycles. The van der Waals surface area contributed by atoms with E-state index in [0.29, 0.717) is 21.2 Å². The van der Waals surface area contributed by atoms with Crippen LogP contribution in [0.3, 0.4) is 0 Å². The number of hydrazine groups is 1. The smallest absolute Gasteiger partial charge is 0.285 e. The Bertz CT molecular complexity index is 981. The second-order valence-electron chi connectivity index (χ2n) is 5.36. The van der Waals surface area contributed by atoms with Crippen LogP contribution in [-0.4, -0.2) is 28.3 Å². The molecule has 2 aromatic rings. The number of ether oxygens (including phenoxy) is 1. The first-order chi connectivity index (χ1) is 12.9. The van der Waals surface area contributed by atoms with Gasteiger partial charge in [0.05, 0.1) is 16.5 Å². The van der Waals surface area contributed by atoms with Crippen molar-refractivity contribution >= 4 is 73.7 Å². The first-order valence-electron chi connectivity index (χ1n) is 7.57. The van der Waals surface area contributed by atoms with Crippen molar-refractivity contribution in [2.45, 2.75) is 0 Å². The van der Waals surface area contributed by atoms with Gasteiger partial charge in [-0.2, -0.15) is 5.01 Å². The van der Waals surface area contributed by atoms with Crippen molar-refractivity contribution in [2.24, 2.45) is 0 Å². The van der Waals surface area contributed by atoms with E-state index in [-0.39, 0.29) is 4.32 Å². The third-order valence-electron chi connectivity index (χ3n) is 3.57. The summed E-state index contributed by atoms with van der Waals surface area (Å²) in [6.45, 7) is 0. The molecule has 0 saturated carbocycles. The third-order valence-corrected chi connectivity index (χ3v) is 5.72. The standard InChI is InChI=1S/C18H12BrClN2O3S2/c1-25-14-6-5-10(7-13(14)19)8-15-17(24)22(18(26)27-15)21-16(23)11-3-2-4-12(20)9-11/h2-9H,1H3,(H,21,23)/b15-8+. The normalized spacial score (nSPS) is 15.4. The summed E-state index contributed by atoms with van der Waals surface area (Å²) in [5.74, 6) is -0.178. The minimum atomic E-state index is -0.470. The number of thioether (sulfide) groups is 1. The van der Waals surface area contributed by atoms with E-state index in [1.54, 1.807) is 37.5 Å². The highest BCUT2D eigenvalue weighted by atomic mass is 79.9. The average molecular weight is 484 g/mol. The van der Waals surface area contributed by atoms with Crippen molar-refractivity contribution in [3.8, 4) is 5.75 Å². The van der Waals surface area contributed by atoms with Crippen LogP contribution < -0.4 is 10.2 Å². The summed E-state index contributed by atoms with van der Waals surface area (Å²) in [5, 5.41) is 1.49. The van der Waals surface area contributed by atoms with Crippen molar-refractivity contribution in [3.05, 3.63) is 68.0 Å². The molecule has 0 unspecified atom stereocenters. The highest BCUT2D eigenvalue weighted by Crippen LogP contribution is 2.33. The van der Waals surface area contributed by atoms with Gasteiger partial charge in [-0.25, -0.2) is 0 Å². The maximum atomic E-state index is 12.6. The summed E-state index contributed by atoms with van der Waals surface area (Å²) in [5.41, 5.74) is 3.65. The first kappa shape index (κ1) is 19.9. The minimum absolute atomic E-state index is 0.245. The summed E-state index contributed by atoms with van der Waals surface area (Å²) in [6, 6.07) is 11.9. The Hall–Kier alpha value is -1.87. The van der Waals surface area contributed by atoms with Crippen LogP contribution in [0.15, 0.2) is 51.8 Å². The van der Waals surface area contributed by atoms with Crippen LogP contribution in [-0.2, 0) is 4.79 Å². The molecule has 1 aliphatic rings. The largest absolute Gasteiger partial charge is 0.496 e. The van der Waals surface area contributed by atoms with Gasteiger partial charge in [-0.3, -0.25) is 15.0 Å². The van der Waals surface area contributed by atoms with Crippen LogP contribution in [0.1, 0.15) is 15.9 Å². The number of hydrogen-bond donors (Lipinski definition) is 1. The number of carbonyl (C=O) groups excluding carboxylic acids is 2. The molecule has 0 aliphatic carbocycles. The molecule has 0 spiro atoms. The number of rotatable bonds is 4. The molecule has 3 rings (SSSR count). The fraction of sp³-hybridized carbons (Fsp3) is 0.0556. The molecule has 0 radical (unpaired) electrons. The van der Waals surface area contributed by atoms with Gasteiger partial charge in [-0.1, -0.05) is 35.5 Å². The van der Waals surface area contributed by atoms with Crippen molar-refractivity contribution < 1.29 is 14.3 Å². The second-order valence-corrected chi connectivity index (χ2v) is 8.33. The van der Waals surface area contributed by atoms with E-state index < -0.39 is 11.8 Å². The molecule has 1 aliphatic heterocycles. The Balaban J connectivity index is 1.78. The van der Waals surface area contributed by atoms with E-state index in [9.17, 15) is 9.59 Å². The van der Waals surface area contributed by atoms with Crippen LogP contribution in [0.25, 0.3) is 6.08 Å². The van der Waals surface area contributed by atoms with Gasteiger partial charge >= 0.3 is 0 Å². The van der Waals surface area contributed by atoms with Gasteiger partial charge in [0, 0.05) is 10.6 Å². The van der Waals surface area contributed by atoms with E-state index in [0.717, 1.165) is 26.8 Å². The predicted molar refractivity (Wildman–Crippen MR) is 115 cm³/mol. The number of benzene rings is 2. The molecule has 0 atom stereocenters. The predicted octanol–water partition coefficient (Wildman–Crippen LogP) is 4.66. The van der Waals surface area contributed by atoms with Gasteiger partial charge < -0.3 is 4.74 Å². The van der Waals surface area contributed by atoms with Gasteiger partial charge in [-0.05, 0) is 70.1 Å². The lowest BCUT2D eigenvalue weighted by molar-refractivity contribution is -0.123. The zero-order valence-electron chi connectivity index (χ0n) is 13.9. The molecule has 2 aromatic carbocycles. The lowest BCUT2D eigenvalue weighted by atomic mass is 10.2. The van der Waals surface area contributed by atoms with Crippen LogP contribution in [0, 0.1) is 0 Å². The highest BCUT2D eigenvalue weighted by Gasteiger charge is 2.33. The van der Waals surface area contributed by atoms with E-state index in [1.807, 2.05) is 12.1 Å². The molecule has 1 saturated heterocycles. The monoisotopic (exact) mass is 482 g/mol. The van der Waals surface area contributed by atoms with E-state index in [2.05, 4.69) is 21.4 Å². The Kier molecular flexibility index (Phi) is 6.21. The molecule has 1 N–H and O–H groups in total. The van der Waals surface area contributed by atoms with Gasteiger partial charge in [0.2, 0.25) is 0 Å². The lowest BCUT2D eigenvalue weighted by Crippen LogP contribution is -2.44. The SMILES string of the molecule is COc1ccc(/C=C2/SC(=S)N(NC(=O)c3cccc(Cl)c3)C2=O)cc1Br. The quantitative estimate of drug-likeness (QED) is 0.506. The van der Waals surface area contributed by atoms with Crippen LogP contribution in [0.2, 0.25) is 5.02 Å². The Morgan fingerprint density at radius 2 is 2.11 bits per heavy atom. The molecule has 2 amide bonds. The van der Waals surface area contributed by atoms with Crippen LogP contribution in [0.5, 0.6) is 5.75 Å². The first-order valence-corrected chi connectivity index (χ1v) is 9.96. The molecule has 138 valence electrons. The highest BCUT2D eigenvalue weighted by molar-refractivity contribution is 9.10. The van der Waals surface area contributed by atoms with Gasteiger partial charge in [0.15, 0.2) is 4.32 Å². The fourth-order valence-electron chi connectivity index (χ4n) is 2.28. The maximum Gasteiger partial charge on any atom is 0.285 e. The van der Waals surface area contributed by atoms with E-state index in [1.165, 1.54) is 6.07 Å². The molecular weight excluding hydrogens is 472 g/mol.